The molecule has 0 unspecified atom stereocenters. The van der Waals surface area contributed by atoms with Gasteiger partial charge in [-0.25, -0.2) is 0 Å². The van der Waals surface area contributed by atoms with E-state index in [4.69, 9.17) is 4.74 Å². The molecule has 1 aliphatic heterocycles. The SMILES string of the molecule is C=CCC1(CC=C)Cc2ccc[c]c2O1. The molecule has 0 spiro atoms. The maximum atomic E-state index is 5.98. The molecule has 0 N–H and O–H groups in total. The van der Waals surface area contributed by atoms with Crippen LogP contribution >= 0.6 is 0 Å². The average Bonchev–Trinajstić information content (AvgIpc) is 2.56. The Morgan fingerprint density at radius 3 is 2.73 bits per heavy atom. The molecule has 1 nitrogen and oxygen atoms in total. The van der Waals surface area contributed by atoms with E-state index in [-0.39, 0.29) is 5.60 Å². The van der Waals surface area contributed by atoms with E-state index in [0.717, 1.165) is 25.0 Å². The minimum Gasteiger partial charge on any atom is -0.485 e. The Bertz CT molecular complexity index is 342. The van der Waals surface area contributed by atoms with Crippen molar-refractivity contribution in [3.05, 3.63) is 55.1 Å². The largest absolute Gasteiger partial charge is 0.485 e. The smallest absolute Gasteiger partial charge is 0.131 e. The van der Waals surface area contributed by atoms with Crippen LogP contribution in [0, 0.1) is 6.07 Å². The zero-order valence-electron chi connectivity index (χ0n) is 8.83. The number of rotatable bonds is 4. The number of fused-ring (bicyclic) bond motifs is 1. The van der Waals surface area contributed by atoms with Crippen molar-refractivity contribution < 1.29 is 4.74 Å². The van der Waals surface area contributed by atoms with E-state index >= 15 is 0 Å². The van der Waals surface area contributed by atoms with Gasteiger partial charge in [-0.3, -0.25) is 0 Å². The fourth-order valence-corrected chi connectivity index (χ4v) is 2.13. The zero-order valence-corrected chi connectivity index (χ0v) is 8.83. The van der Waals surface area contributed by atoms with Crippen LogP contribution in [-0.4, -0.2) is 5.60 Å². The van der Waals surface area contributed by atoms with E-state index in [9.17, 15) is 0 Å². The fourth-order valence-electron chi connectivity index (χ4n) is 2.13. The number of para-hydroxylation sites is 1. The van der Waals surface area contributed by atoms with E-state index in [1.54, 1.807) is 0 Å². The first-order valence-electron chi connectivity index (χ1n) is 5.20. The Labute approximate surface area is 91.1 Å². The predicted octanol–water partition coefficient (Wildman–Crippen LogP) is 3.31. The molecule has 1 aromatic rings. The summed E-state index contributed by atoms with van der Waals surface area (Å²) in [5.74, 6) is 0.890. The quantitative estimate of drug-likeness (QED) is 0.676. The van der Waals surface area contributed by atoms with Crippen molar-refractivity contribution in [1.29, 1.82) is 0 Å². The maximum Gasteiger partial charge on any atom is 0.131 e. The molecule has 1 aliphatic rings. The topological polar surface area (TPSA) is 9.23 Å². The minimum absolute atomic E-state index is 0.163. The van der Waals surface area contributed by atoms with E-state index in [2.05, 4.69) is 25.3 Å². The average molecular weight is 199 g/mol. The van der Waals surface area contributed by atoms with Gasteiger partial charge in [-0.1, -0.05) is 30.4 Å². The van der Waals surface area contributed by atoms with Crippen molar-refractivity contribution in [3.8, 4) is 5.75 Å². The van der Waals surface area contributed by atoms with Crippen LogP contribution in [0.1, 0.15) is 18.4 Å². The van der Waals surface area contributed by atoms with Gasteiger partial charge in [0.05, 0.1) is 0 Å². The van der Waals surface area contributed by atoms with Crippen LogP contribution in [0.3, 0.4) is 0 Å². The third kappa shape index (κ3) is 1.82. The lowest BCUT2D eigenvalue weighted by Gasteiger charge is -2.26. The summed E-state index contributed by atoms with van der Waals surface area (Å²) in [6.07, 6.45) is 6.45. The monoisotopic (exact) mass is 199 g/mol. The molecule has 1 aromatic carbocycles. The minimum atomic E-state index is -0.163. The first-order chi connectivity index (χ1) is 7.29. The summed E-state index contributed by atoms with van der Waals surface area (Å²) in [7, 11) is 0. The molecule has 0 amide bonds. The first-order valence-corrected chi connectivity index (χ1v) is 5.20. The van der Waals surface area contributed by atoms with Crippen molar-refractivity contribution in [2.45, 2.75) is 24.9 Å². The Kier molecular flexibility index (Phi) is 2.63. The summed E-state index contributed by atoms with van der Waals surface area (Å²) in [6, 6.07) is 9.11. The van der Waals surface area contributed by atoms with Crippen molar-refractivity contribution in [2.75, 3.05) is 0 Å². The third-order valence-electron chi connectivity index (χ3n) is 2.76. The summed E-state index contributed by atoms with van der Waals surface area (Å²) in [5.41, 5.74) is 1.07. The van der Waals surface area contributed by atoms with E-state index in [1.165, 1.54) is 5.56 Å². The molecule has 0 aromatic heterocycles. The summed E-state index contributed by atoms with van der Waals surface area (Å²) in [4.78, 5) is 0. The molecule has 1 heterocycles. The maximum absolute atomic E-state index is 5.98. The predicted molar refractivity (Wildman–Crippen MR) is 62.0 cm³/mol. The Morgan fingerprint density at radius 1 is 1.40 bits per heavy atom. The molecule has 0 atom stereocenters. The van der Waals surface area contributed by atoms with Crippen LogP contribution in [0.2, 0.25) is 0 Å². The lowest BCUT2D eigenvalue weighted by atomic mass is 9.90. The standard InChI is InChI=1S/C14H15O/c1-3-9-14(10-4-2)11-12-7-5-6-8-13(12)15-14/h3-7H,1-2,9-11H2. The van der Waals surface area contributed by atoms with Crippen molar-refractivity contribution in [2.24, 2.45) is 0 Å². The zero-order chi connectivity index (χ0) is 10.7. The van der Waals surface area contributed by atoms with Gasteiger partial charge in [0.25, 0.3) is 0 Å². The van der Waals surface area contributed by atoms with Gasteiger partial charge in [0.1, 0.15) is 11.4 Å². The number of benzene rings is 1. The van der Waals surface area contributed by atoms with Gasteiger partial charge < -0.3 is 4.74 Å². The number of ether oxygens (including phenoxy) is 1. The highest BCUT2D eigenvalue weighted by molar-refractivity contribution is 5.38. The second kappa shape index (κ2) is 3.93. The van der Waals surface area contributed by atoms with Gasteiger partial charge in [0, 0.05) is 25.3 Å². The van der Waals surface area contributed by atoms with Crippen LogP contribution in [-0.2, 0) is 6.42 Å². The summed E-state index contributed by atoms with van der Waals surface area (Å²) >= 11 is 0. The molecule has 0 aliphatic carbocycles. The van der Waals surface area contributed by atoms with E-state index in [1.807, 2.05) is 24.3 Å². The molecular weight excluding hydrogens is 184 g/mol. The highest BCUT2D eigenvalue weighted by atomic mass is 16.5. The summed E-state index contributed by atoms with van der Waals surface area (Å²) in [6.45, 7) is 7.58. The number of hydrogen-bond acceptors (Lipinski definition) is 1. The van der Waals surface area contributed by atoms with E-state index < -0.39 is 0 Å². The molecule has 1 radical (unpaired) electrons. The van der Waals surface area contributed by atoms with Crippen molar-refractivity contribution >= 4 is 0 Å². The van der Waals surface area contributed by atoms with Gasteiger partial charge in [-0.15, -0.1) is 13.2 Å². The third-order valence-corrected chi connectivity index (χ3v) is 2.76. The fraction of sp³-hybridized carbons (Fsp3) is 0.286. The van der Waals surface area contributed by atoms with Crippen LogP contribution in [0.4, 0.5) is 0 Å². The molecule has 0 fully saturated rings. The van der Waals surface area contributed by atoms with Gasteiger partial charge in [-0.05, 0) is 5.56 Å². The second-order valence-electron chi connectivity index (χ2n) is 3.97. The molecule has 2 rings (SSSR count). The lowest BCUT2D eigenvalue weighted by Crippen LogP contribution is -2.32. The molecule has 77 valence electrons. The van der Waals surface area contributed by atoms with Gasteiger partial charge >= 0.3 is 0 Å². The van der Waals surface area contributed by atoms with E-state index in [0.29, 0.717) is 0 Å². The Balaban J connectivity index is 2.27. The number of hydrogen-bond donors (Lipinski definition) is 0. The molecule has 1 heteroatoms. The highest BCUT2D eigenvalue weighted by Crippen LogP contribution is 2.38. The molecular formula is C14H15O. The van der Waals surface area contributed by atoms with Gasteiger partial charge in [0.2, 0.25) is 0 Å². The summed E-state index contributed by atoms with van der Waals surface area (Å²) < 4.78 is 5.98. The molecule has 0 bridgehead atoms. The molecule has 15 heavy (non-hydrogen) atoms. The van der Waals surface area contributed by atoms with Crippen LogP contribution in [0.15, 0.2) is 43.5 Å². The Morgan fingerprint density at radius 2 is 2.13 bits per heavy atom. The van der Waals surface area contributed by atoms with Crippen LogP contribution < -0.4 is 4.74 Å². The summed E-state index contributed by atoms with van der Waals surface area (Å²) in [5, 5.41) is 0. The van der Waals surface area contributed by atoms with Crippen LogP contribution in [0.25, 0.3) is 0 Å². The highest BCUT2D eigenvalue weighted by Gasteiger charge is 2.36. The first kappa shape index (κ1) is 10.0. The van der Waals surface area contributed by atoms with Crippen molar-refractivity contribution in [1.82, 2.24) is 0 Å². The second-order valence-corrected chi connectivity index (χ2v) is 3.97. The van der Waals surface area contributed by atoms with Crippen LogP contribution in [0.5, 0.6) is 5.75 Å². The Hall–Kier alpha value is -1.50. The van der Waals surface area contributed by atoms with Gasteiger partial charge in [0.15, 0.2) is 0 Å². The van der Waals surface area contributed by atoms with Crippen molar-refractivity contribution in [3.63, 3.8) is 0 Å². The lowest BCUT2D eigenvalue weighted by molar-refractivity contribution is 0.101. The normalized spacial score (nSPS) is 16.5. The van der Waals surface area contributed by atoms with Gasteiger partial charge in [-0.2, -0.15) is 0 Å². The molecule has 0 saturated carbocycles. The molecule has 0 saturated heterocycles.